The normalized spacial score (nSPS) is 52.6. The second-order valence-corrected chi connectivity index (χ2v) is 8.63. The molecule has 0 radical (unpaired) electrons. The van der Waals surface area contributed by atoms with Crippen LogP contribution >= 0.6 is 0 Å². The summed E-state index contributed by atoms with van der Waals surface area (Å²) >= 11 is 0. The van der Waals surface area contributed by atoms with Crippen molar-refractivity contribution in [1.82, 2.24) is 0 Å². The molecule has 0 aliphatic heterocycles. The van der Waals surface area contributed by atoms with E-state index in [1.165, 1.54) is 32.1 Å². The quantitative estimate of drug-likeness (QED) is 0.761. The zero-order valence-electron chi connectivity index (χ0n) is 13.3. The zero-order chi connectivity index (χ0) is 13.9. The summed E-state index contributed by atoms with van der Waals surface area (Å²) in [6.45, 7) is 9.76. The first-order valence-electron chi connectivity index (χ1n) is 8.55. The summed E-state index contributed by atoms with van der Waals surface area (Å²) in [5.41, 5.74) is 0.796. The molecule has 110 valence electrons. The van der Waals surface area contributed by atoms with Crippen molar-refractivity contribution in [2.24, 2.45) is 28.6 Å². The number of fused-ring (bicyclic) bond motifs is 2. The van der Waals surface area contributed by atoms with Gasteiger partial charge in [-0.25, -0.2) is 0 Å². The van der Waals surface area contributed by atoms with E-state index in [4.69, 9.17) is 0 Å². The van der Waals surface area contributed by atoms with Crippen molar-refractivity contribution in [3.63, 3.8) is 0 Å². The molecule has 3 aliphatic carbocycles. The molecule has 0 saturated heterocycles. The fraction of sp³-hybridized carbons (Fsp3) is 1.00. The van der Waals surface area contributed by atoms with Crippen LogP contribution in [0.3, 0.4) is 0 Å². The third-order valence-electron chi connectivity index (χ3n) is 8.05. The molecule has 1 nitrogen and oxygen atoms in total. The molecule has 1 heteroatoms. The minimum absolute atomic E-state index is 0.329. The van der Waals surface area contributed by atoms with Gasteiger partial charge in [0.2, 0.25) is 0 Å². The third-order valence-corrected chi connectivity index (χ3v) is 8.05. The van der Waals surface area contributed by atoms with Crippen LogP contribution < -0.4 is 0 Å². The summed E-state index contributed by atoms with van der Waals surface area (Å²) in [4.78, 5) is 0. The largest absolute Gasteiger partial charge is 0.390 e. The Morgan fingerprint density at radius 2 is 1.63 bits per heavy atom. The lowest BCUT2D eigenvalue weighted by Crippen LogP contribution is -2.40. The highest BCUT2D eigenvalue weighted by molar-refractivity contribution is 5.11. The van der Waals surface area contributed by atoms with Gasteiger partial charge in [0.25, 0.3) is 0 Å². The van der Waals surface area contributed by atoms with Crippen LogP contribution in [0.15, 0.2) is 0 Å². The van der Waals surface area contributed by atoms with Crippen LogP contribution in [0.5, 0.6) is 0 Å². The lowest BCUT2D eigenvalue weighted by Gasteiger charge is -2.46. The molecule has 19 heavy (non-hydrogen) atoms. The van der Waals surface area contributed by atoms with Crippen molar-refractivity contribution in [3.8, 4) is 0 Å². The predicted molar refractivity (Wildman–Crippen MR) is 79.9 cm³/mol. The Labute approximate surface area is 119 Å². The average molecular weight is 264 g/mol. The lowest BCUT2D eigenvalue weighted by atomic mass is 9.60. The van der Waals surface area contributed by atoms with E-state index >= 15 is 0 Å². The molecule has 0 aromatic carbocycles. The molecule has 0 aromatic rings. The van der Waals surface area contributed by atoms with Crippen molar-refractivity contribution in [1.29, 1.82) is 0 Å². The molecular weight excluding hydrogens is 232 g/mol. The minimum atomic E-state index is -0.329. The molecule has 0 amide bonds. The molecule has 0 aromatic heterocycles. The van der Waals surface area contributed by atoms with E-state index in [9.17, 15) is 5.11 Å². The Morgan fingerprint density at radius 3 is 2.05 bits per heavy atom. The molecule has 3 saturated carbocycles. The van der Waals surface area contributed by atoms with E-state index in [1.54, 1.807) is 0 Å². The molecule has 3 aliphatic rings. The zero-order valence-corrected chi connectivity index (χ0v) is 13.3. The van der Waals surface area contributed by atoms with Gasteiger partial charge in [0, 0.05) is 0 Å². The van der Waals surface area contributed by atoms with Gasteiger partial charge in [0.15, 0.2) is 0 Å². The van der Waals surface area contributed by atoms with Gasteiger partial charge in [-0.2, -0.15) is 0 Å². The molecule has 3 atom stereocenters. The molecule has 3 rings (SSSR count). The van der Waals surface area contributed by atoms with Crippen LogP contribution in [0.1, 0.15) is 79.1 Å². The van der Waals surface area contributed by atoms with E-state index in [-0.39, 0.29) is 5.60 Å². The monoisotopic (exact) mass is 264 g/mol. The fourth-order valence-corrected chi connectivity index (χ4v) is 5.91. The van der Waals surface area contributed by atoms with E-state index in [2.05, 4.69) is 27.7 Å². The molecule has 0 unspecified atom stereocenters. The Kier molecular flexibility index (Phi) is 3.10. The van der Waals surface area contributed by atoms with Crippen LogP contribution in [0.4, 0.5) is 0 Å². The van der Waals surface area contributed by atoms with Crippen LogP contribution in [0.25, 0.3) is 0 Å². The summed E-state index contributed by atoms with van der Waals surface area (Å²) in [5.74, 6) is 2.79. The molecule has 3 fully saturated rings. The second kappa shape index (κ2) is 4.23. The summed E-state index contributed by atoms with van der Waals surface area (Å²) < 4.78 is 0. The highest BCUT2D eigenvalue weighted by Gasteiger charge is 2.62. The Bertz CT molecular complexity index is 351. The third kappa shape index (κ3) is 1.83. The Balaban J connectivity index is 1.73. The van der Waals surface area contributed by atoms with Crippen LogP contribution in [-0.2, 0) is 0 Å². The maximum Gasteiger partial charge on any atom is 0.0645 e. The highest BCUT2D eigenvalue weighted by Crippen LogP contribution is 2.70. The highest BCUT2D eigenvalue weighted by atomic mass is 16.3. The number of rotatable bonds is 2. The molecule has 0 heterocycles. The molecule has 0 spiro atoms. The molecule has 2 bridgehead atoms. The van der Waals surface area contributed by atoms with Crippen molar-refractivity contribution < 1.29 is 5.11 Å². The van der Waals surface area contributed by atoms with Crippen molar-refractivity contribution in [2.75, 3.05) is 0 Å². The first-order valence-corrected chi connectivity index (χ1v) is 8.55. The van der Waals surface area contributed by atoms with Crippen LogP contribution in [0, 0.1) is 28.6 Å². The summed E-state index contributed by atoms with van der Waals surface area (Å²) in [6.07, 6.45) is 9.96. The predicted octanol–water partition coefficient (Wildman–Crippen LogP) is 4.78. The first-order chi connectivity index (χ1) is 8.82. The van der Waals surface area contributed by atoms with Crippen molar-refractivity contribution in [2.45, 2.75) is 84.7 Å². The van der Waals surface area contributed by atoms with Gasteiger partial charge in [0.1, 0.15) is 0 Å². The van der Waals surface area contributed by atoms with Gasteiger partial charge < -0.3 is 5.11 Å². The number of hydrogen-bond acceptors (Lipinski definition) is 1. The van der Waals surface area contributed by atoms with Gasteiger partial charge in [-0.05, 0) is 80.0 Å². The maximum atomic E-state index is 10.4. The van der Waals surface area contributed by atoms with E-state index < -0.39 is 0 Å². The molecule has 1 N–H and O–H groups in total. The number of hydrogen-bond donors (Lipinski definition) is 1. The van der Waals surface area contributed by atoms with Crippen LogP contribution in [0.2, 0.25) is 0 Å². The lowest BCUT2D eigenvalue weighted by molar-refractivity contribution is -0.0373. The van der Waals surface area contributed by atoms with E-state index in [0.29, 0.717) is 10.8 Å². The summed E-state index contributed by atoms with van der Waals surface area (Å²) in [5, 5.41) is 10.4. The van der Waals surface area contributed by atoms with Crippen LogP contribution in [-0.4, -0.2) is 10.7 Å². The number of aliphatic hydroxyl groups is 1. The van der Waals surface area contributed by atoms with Gasteiger partial charge in [-0.1, -0.05) is 27.7 Å². The topological polar surface area (TPSA) is 20.2 Å². The Hall–Kier alpha value is -0.0400. The van der Waals surface area contributed by atoms with Gasteiger partial charge in [-0.3, -0.25) is 0 Å². The first kappa shape index (κ1) is 13.9. The fourth-order valence-electron chi connectivity index (χ4n) is 5.91. The standard InChI is InChI=1S/C18H32O/c1-5-18(19)10-6-13(7-11-18)15-12-14-8-9-17(15,4)16(14,2)3/h13-15,19H,5-12H2,1-4H3/t13?,14-,15+,17+,18?/m0/s1. The second-order valence-electron chi connectivity index (χ2n) is 8.63. The summed E-state index contributed by atoms with van der Waals surface area (Å²) in [7, 11) is 0. The SMILES string of the molecule is CCC1(O)CCC([C@H]2C[C@@H]3CC[C@@]2(C)C3(C)C)CC1. The smallest absolute Gasteiger partial charge is 0.0645 e. The van der Waals surface area contributed by atoms with Gasteiger partial charge in [0.05, 0.1) is 5.60 Å². The van der Waals surface area contributed by atoms with Crippen molar-refractivity contribution in [3.05, 3.63) is 0 Å². The summed E-state index contributed by atoms with van der Waals surface area (Å²) in [6, 6.07) is 0. The van der Waals surface area contributed by atoms with Gasteiger partial charge >= 0.3 is 0 Å². The van der Waals surface area contributed by atoms with Crippen molar-refractivity contribution >= 4 is 0 Å². The average Bonchev–Trinajstić information content (AvgIpc) is 2.72. The van der Waals surface area contributed by atoms with Gasteiger partial charge in [-0.15, -0.1) is 0 Å². The maximum absolute atomic E-state index is 10.4. The molecular formula is C18H32O. The van der Waals surface area contributed by atoms with E-state index in [1.807, 2.05) is 0 Å². The van der Waals surface area contributed by atoms with E-state index in [0.717, 1.165) is 37.0 Å². The Morgan fingerprint density at radius 1 is 1.00 bits per heavy atom. The minimum Gasteiger partial charge on any atom is -0.390 e.